The van der Waals surface area contributed by atoms with Crippen LogP contribution >= 0.6 is 0 Å². The summed E-state index contributed by atoms with van der Waals surface area (Å²) in [4.78, 5) is 20.4. The van der Waals surface area contributed by atoms with Gasteiger partial charge in [-0.15, -0.1) is 0 Å². The highest BCUT2D eigenvalue weighted by atomic mass is 16.5. The molecule has 1 aromatic heterocycles. The average Bonchev–Trinajstić information content (AvgIpc) is 2.62. The molecule has 0 saturated heterocycles. The van der Waals surface area contributed by atoms with Crippen LogP contribution in [0.15, 0.2) is 54.6 Å². The molecule has 1 heterocycles. The number of aryl methyl sites for hydroxylation is 1. The van der Waals surface area contributed by atoms with E-state index in [4.69, 9.17) is 4.74 Å². The maximum atomic E-state index is 11.6. The third-order valence-corrected chi connectivity index (χ3v) is 3.88. The number of benzene rings is 2. The SMILES string of the molecule is CC(=O)c1cccc(Nc2cc(Nc3ccc(OC(C)C)cc3)nc(C)n2)c1. The fourth-order valence-electron chi connectivity index (χ4n) is 2.70. The molecule has 0 unspecified atom stereocenters. The molecule has 0 bridgehead atoms. The Hall–Kier alpha value is -3.41. The first kappa shape index (κ1) is 19.4. The van der Waals surface area contributed by atoms with Crippen molar-refractivity contribution < 1.29 is 9.53 Å². The number of anilines is 4. The topological polar surface area (TPSA) is 76.1 Å². The number of rotatable bonds is 7. The summed E-state index contributed by atoms with van der Waals surface area (Å²) in [5.41, 5.74) is 2.35. The molecule has 144 valence electrons. The molecule has 6 heteroatoms. The first-order valence-electron chi connectivity index (χ1n) is 9.16. The van der Waals surface area contributed by atoms with Crippen molar-refractivity contribution in [2.24, 2.45) is 0 Å². The summed E-state index contributed by atoms with van der Waals surface area (Å²) in [6.07, 6.45) is 0.137. The van der Waals surface area contributed by atoms with Crippen LogP contribution < -0.4 is 15.4 Å². The third-order valence-electron chi connectivity index (χ3n) is 3.88. The number of aromatic nitrogens is 2. The van der Waals surface area contributed by atoms with E-state index < -0.39 is 0 Å². The molecule has 0 spiro atoms. The third kappa shape index (κ3) is 5.30. The number of hydrogen-bond acceptors (Lipinski definition) is 6. The smallest absolute Gasteiger partial charge is 0.159 e. The lowest BCUT2D eigenvalue weighted by molar-refractivity contribution is 0.101. The zero-order chi connectivity index (χ0) is 20.1. The van der Waals surface area contributed by atoms with Gasteiger partial charge in [-0.05, 0) is 64.1 Å². The summed E-state index contributed by atoms with van der Waals surface area (Å²) in [7, 11) is 0. The lowest BCUT2D eigenvalue weighted by Crippen LogP contribution is -2.05. The number of nitrogens with zero attached hydrogens (tertiary/aromatic N) is 2. The van der Waals surface area contributed by atoms with E-state index in [9.17, 15) is 4.79 Å². The summed E-state index contributed by atoms with van der Waals surface area (Å²) in [5, 5.41) is 6.51. The molecule has 0 aliphatic rings. The monoisotopic (exact) mass is 376 g/mol. The standard InChI is InChI=1S/C22H24N4O2/c1-14(2)28-20-10-8-18(9-11-20)25-21-13-22(24-16(4)23-21)26-19-7-5-6-17(12-19)15(3)27/h5-14H,1-4H3,(H2,23,24,25,26). The molecule has 0 aliphatic carbocycles. The molecule has 0 amide bonds. The van der Waals surface area contributed by atoms with Gasteiger partial charge in [0, 0.05) is 23.0 Å². The van der Waals surface area contributed by atoms with E-state index in [1.165, 1.54) is 0 Å². The largest absolute Gasteiger partial charge is 0.491 e. The van der Waals surface area contributed by atoms with Gasteiger partial charge >= 0.3 is 0 Å². The van der Waals surface area contributed by atoms with Crippen molar-refractivity contribution in [1.29, 1.82) is 0 Å². The highest BCUT2D eigenvalue weighted by molar-refractivity contribution is 5.95. The van der Waals surface area contributed by atoms with Gasteiger partial charge in [0.2, 0.25) is 0 Å². The first-order chi connectivity index (χ1) is 13.4. The van der Waals surface area contributed by atoms with Crippen LogP contribution in [0, 0.1) is 6.92 Å². The van der Waals surface area contributed by atoms with Gasteiger partial charge in [-0.3, -0.25) is 4.79 Å². The Bertz CT molecular complexity index is 969. The Labute approximate surface area is 165 Å². The fraction of sp³-hybridized carbons (Fsp3) is 0.227. The normalized spacial score (nSPS) is 10.6. The number of Topliss-reactive ketones (excluding diaryl/α,β-unsaturated/α-hetero) is 1. The van der Waals surface area contributed by atoms with Crippen LogP contribution in [0.1, 0.15) is 37.0 Å². The quantitative estimate of drug-likeness (QED) is 0.548. The molecule has 0 saturated carbocycles. The lowest BCUT2D eigenvalue weighted by atomic mass is 10.1. The minimum Gasteiger partial charge on any atom is -0.491 e. The van der Waals surface area contributed by atoms with Crippen molar-refractivity contribution in [1.82, 2.24) is 9.97 Å². The van der Waals surface area contributed by atoms with Crippen molar-refractivity contribution in [2.45, 2.75) is 33.8 Å². The van der Waals surface area contributed by atoms with Crippen molar-refractivity contribution >= 4 is 28.8 Å². The molecule has 3 aromatic rings. The van der Waals surface area contributed by atoms with E-state index in [2.05, 4.69) is 20.6 Å². The minimum atomic E-state index is 0.0229. The minimum absolute atomic E-state index is 0.0229. The number of ketones is 1. The maximum Gasteiger partial charge on any atom is 0.159 e. The molecule has 6 nitrogen and oxygen atoms in total. The predicted octanol–water partition coefficient (Wildman–Crippen LogP) is 5.26. The molecule has 28 heavy (non-hydrogen) atoms. The van der Waals surface area contributed by atoms with Gasteiger partial charge in [-0.2, -0.15) is 0 Å². The molecular formula is C22H24N4O2. The summed E-state index contributed by atoms with van der Waals surface area (Å²) in [6.45, 7) is 7.38. The van der Waals surface area contributed by atoms with E-state index >= 15 is 0 Å². The number of ether oxygens (including phenoxy) is 1. The van der Waals surface area contributed by atoms with Gasteiger partial charge in [0.05, 0.1) is 6.10 Å². The molecule has 0 radical (unpaired) electrons. The molecule has 0 fully saturated rings. The molecule has 2 aromatic carbocycles. The molecule has 0 aliphatic heterocycles. The summed E-state index contributed by atoms with van der Waals surface area (Å²) in [5.74, 6) is 2.81. The lowest BCUT2D eigenvalue weighted by Gasteiger charge is -2.12. The number of carbonyl (C=O) groups is 1. The van der Waals surface area contributed by atoms with E-state index in [0.717, 1.165) is 17.1 Å². The van der Waals surface area contributed by atoms with Crippen LogP contribution in [-0.4, -0.2) is 21.9 Å². The van der Waals surface area contributed by atoms with Crippen molar-refractivity contribution in [2.75, 3.05) is 10.6 Å². The first-order valence-corrected chi connectivity index (χ1v) is 9.16. The van der Waals surface area contributed by atoms with Gasteiger partial charge in [0.1, 0.15) is 23.2 Å². The van der Waals surface area contributed by atoms with Crippen LogP contribution in [0.3, 0.4) is 0 Å². The second kappa shape index (κ2) is 8.52. The highest BCUT2D eigenvalue weighted by Gasteiger charge is 2.06. The van der Waals surface area contributed by atoms with E-state index in [1.807, 2.05) is 63.2 Å². The van der Waals surface area contributed by atoms with Crippen molar-refractivity contribution in [3.8, 4) is 5.75 Å². The van der Waals surface area contributed by atoms with Gasteiger partial charge in [-0.1, -0.05) is 12.1 Å². The van der Waals surface area contributed by atoms with Gasteiger partial charge in [-0.25, -0.2) is 9.97 Å². The van der Waals surface area contributed by atoms with Crippen molar-refractivity contribution in [3.05, 3.63) is 66.0 Å². The summed E-state index contributed by atoms with van der Waals surface area (Å²) < 4.78 is 5.66. The van der Waals surface area contributed by atoms with E-state index in [1.54, 1.807) is 19.1 Å². The predicted molar refractivity (Wildman–Crippen MR) is 112 cm³/mol. The second-order valence-corrected chi connectivity index (χ2v) is 6.76. The zero-order valence-electron chi connectivity index (χ0n) is 16.5. The highest BCUT2D eigenvalue weighted by Crippen LogP contribution is 2.23. The summed E-state index contributed by atoms with van der Waals surface area (Å²) in [6, 6.07) is 16.9. The number of nitrogens with one attached hydrogen (secondary N) is 2. The Balaban J connectivity index is 1.76. The van der Waals surface area contributed by atoms with Gasteiger partial charge < -0.3 is 15.4 Å². The van der Waals surface area contributed by atoms with Crippen LogP contribution in [0.5, 0.6) is 5.75 Å². The maximum absolute atomic E-state index is 11.6. The number of carbonyl (C=O) groups excluding carboxylic acids is 1. The van der Waals surface area contributed by atoms with Gasteiger partial charge in [0.25, 0.3) is 0 Å². The van der Waals surface area contributed by atoms with Crippen LogP contribution in [0.2, 0.25) is 0 Å². The number of hydrogen-bond donors (Lipinski definition) is 2. The van der Waals surface area contributed by atoms with Gasteiger partial charge in [0.15, 0.2) is 5.78 Å². The fourth-order valence-corrected chi connectivity index (χ4v) is 2.70. The van der Waals surface area contributed by atoms with Crippen LogP contribution in [0.4, 0.5) is 23.0 Å². The van der Waals surface area contributed by atoms with E-state index in [-0.39, 0.29) is 11.9 Å². The Kier molecular flexibility index (Phi) is 5.89. The Morgan fingerprint density at radius 1 is 0.929 bits per heavy atom. The Morgan fingerprint density at radius 2 is 1.57 bits per heavy atom. The zero-order valence-corrected chi connectivity index (χ0v) is 16.5. The second-order valence-electron chi connectivity index (χ2n) is 6.76. The molecule has 3 rings (SSSR count). The molecule has 0 atom stereocenters. The van der Waals surface area contributed by atoms with Crippen LogP contribution in [0.25, 0.3) is 0 Å². The molecule has 2 N–H and O–H groups in total. The Morgan fingerprint density at radius 3 is 2.18 bits per heavy atom. The average molecular weight is 376 g/mol. The van der Waals surface area contributed by atoms with Crippen molar-refractivity contribution in [3.63, 3.8) is 0 Å². The van der Waals surface area contributed by atoms with E-state index in [0.29, 0.717) is 23.0 Å². The summed E-state index contributed by atoms with van der Waals surface area (Å²) >= 11 is 0. The molecular weight excluding hydrogens is 352 g/mol. The van der Waals surface area contributed by atoms with Crippen LogP contribution in [-0.2, 0) is 0 Å².